The van der Waals surface area contributed by atoms with Crippen LogP contribution in [-0.4, -0.2) is 22.5 Å². The van der Waals surface area contributed by atoms with Crippen molar-refractivity contribution in [1.29, 1.82) is 0 Å². The first-order valence-corrected chi connectivity index (χ1v) is 14.2. The number of anilines is 1. The molecular formula is C36H37FN2O3. The minimum absolute atomic E-state index is 0.0402. The Bertz CT molecular complexity index is 1540. The van der Waals surface area contributed by atoms with E-state index < -0.39 is 12.1 Å². The van der Waals surface area contributed by atoms with Crippen LogP contribution in [0.3, 0.4) is 0 Å². The molecule has 1 atom stereocenters. The molecule has 0 aliphatic heterocycles. The van der Waals surface area contributed by atoms with Gasteiger partial charge in [-0.15, -0.1) is 6.58 Å². The summed E-state index contributed by atoms with van der Waals surface area (Å²) in [6.45, 7) is 10.2. The van der Waals surface area contributed by atoms with Crippen LogP contribution >= 0.6 is 0 Å². The van der Waals surface area contributed by atoms with Crippen LogP contribution in [0.15, 0.2) is 110 Å². The van der Waals surface area contributed by atoms with Crippen molar-refractivity contribution in [2.75, 3.05) is 5.32 Å². The summed E-state index contributed by atoms with van der Waals surface area (Å²) in [6.07, 6.45) is 5.35. The van der Waals surface area contributed by atoms with E-state index in [2.05, 4.69) is 30.3 Å². The van der Waals surface area contributed by atoms with E-state index in [4.69, 9.17) is 4.74 Å². The lowest BCUT2D eigenvalue weighted by Gasteiger charge is -2.21. The van der Waals surface area contributed by atoms with Crippen LogP contribution in [0.5, 0.6) is 0 Å². The summed E-state index contributed by atoms with van der Waals surface area (Å²) in [5, 5.41) is 3.09. The molecule has 1 unspecified atom stereocenters. The molecule has 1 heterocycles. The summed E-state index contributed by atoms with van der Waals surface area (Å²) >= 11 is 0. The van der Waals surface area contributed by atoms with E-state index in [0.29, 0.717) is 30.6 Å². The molecule has 216 valence electrons. The lowest BCUT2D eigenvalue weighted by Crippen LogP contribution is -2.20. The first-order chi connectivity index (χ1) is 20.3. The molecule has 0 radical (unpaired) electrons. The topological polar surface area (TPSA) is 60.3 Å². The summed E-state index contributed by atoms with van der Waals surface area (Å²) in [6, 6.07) is 25.5. The normalized spacial score (nSPS) is 11.9. The Hall–Kier alpha value is -4.71. The van der Waals surface area contributed by atoms with Crippen LogP contribution in [0.2, 0.25) is 0 Å². The average Bonchev–Trinajstić information content (AvgIpc) is 3.33. The molecule has 6 heteroatoms. The zero-order chi connectivity index (χ0) is 30.1. The summed E-state index contributed by atoms with van der Waals surface area (Å²) in [5.41, 5.74) is 5.32. The van der Waals surface area contributed by atoms with Crippen LogP contribution in [0.4, 0.5) is 10.1 Å². The molecule has 0 aliphatic carbocycles. The molecule has 0 spiro atoms. The van der Waals surface area contributed by atoms with Crippen molar-refractivity contribution in [1.82, 2.24) is 4.57 Å². The Labute approximate surface area is 247 Å². The van der Waals surface area contributed by atoms with E-state index in [1.807, 2.05) is 60.7 Å². The number of esters is 1. The highest BCUT2D eigenvalue weighted by molar-refractivity contribution is 6.12. The molecule has 5 nitrogen and oxygen atoms in total. The van der Waals surface area contributed by atoms with Crippen LogP contribution in [-0.2, 0) is 16.1 Å². The van der Waals surface area contributed by atoms with Crippen molar-refractivity contribution in [2.45, 2.75) is 52.2 Å². The van der Waals surface area contributed by atoms with Gasteiger partial charge in [0, 0.05) is 42.4 Å². The van der Waals surface area contributed by atoms with Crippen LogP contribution < -0.4 is 5.32 Å². The SMILES string of the molecule is C=CCC(CCn1c(-c2ccc(F)cc2)c(-c2ccccc2)c(C(=O)Nc2ccccc2)c1C(C)C)OC(=O)C=CC. The maximum Gasteiger partial charge on any atom is 0.330 e. The molecule has 0 fully saturated rings. The first-order valence-electron chi connectivity index (χ1n) is 14.2. The maximum atomic E-state index is 14.2. The Balaban J connectivity index is 1.94. The van der Waals surface area contributed by atoms with Crippen molar-refractivity contribution in [3.63, 3.8) is 0 Å². The fourth-order valence-electron chi connectivity index (χ4n) is 5.23. The lowest BCUT2D eigenvalue weighted by atomic mass is 9.94. The van der Waals surface area contributed by atoms with E-state index in [1.54, 1.807) is 31.2 Å². The van der Waals surface area contributed by atoms with E-state index in [-0.39, 0.29) is 17.6 Å². The van der Waals surface area contributed by atoms with Gasteiger partial charge in [-0.2, -0.15) is 0 Å². The number of nitrogens with one attached hydrogen (secondary N) is 1. The minimum Gasteiger partial charge on any atom is -0.459 e. The molecule has 3 aromatic carbocycles. The Kier molecular flexibility index (Phi) is 10.3. The van der Waals surface area contributed by atoms with Gasteiger partial charge in [-0.3, -0.25) is 4.79 Å². The number of hydrogen-bond donors (Lipinski definition) is 1. The van der Waals surface area contributed by atoms with Gasteiger partial charge in [0.25, 0.3) is 5.91 Å². The highest BCUT2D eigenvalue weighted by Crippen LogP contribution is 2.42. The molecule has 1 amide bonds. The van der Waals surface area contributed by atoms with Crippen LogP contribution in [0.1, 0.15) is 55.6 Å². The monoisotopic (exact) mass is 564 g/mol. The van der Waals surface area contributed by atoms with Crippen LogP contribution in [0.25, 0.3) is 22.4 Å². The number of rotatable bonds is 12. The number of carbonyl (C=O) groups excluding carboxylic acids is 2. The highest BCUT2D eigenvalue weighted by Gasteiger charge is 2.31. The Morgan fingerprint density at radius 1 is 0.952 bits per heavy atom. The van der Waals surface area contributed by atoms with E-state index in [9.17, 15) is 14.0 Å². The number of para-hydroxylation sites is 1. The van der Waals surface area contributed by atoms with Gasteiger partial charge in [-0.25, -0.2) is 9.18 Å². The van der Waals surface area contributed by atoms with Crippen molar-refractivity contribution in [3.05, 3.63) is 127 Å². The molecule has 0 saturated carbocycles. The predicted molar refractivity (Wildman–Crippen MR) is 168 cm³/mol. The number of ether oxygens (including phenoxy) is 1. The van der Waals surface area contributed by atoms with Gasteiger partial charge >= 0.3 is 5.97 Å². The summed E-state index contributed by atoms with van der Waals surface area (Å²) in [4.78, 5) is 26.5. The van der Waals surface area contributed by atoms with Crippen molar-refractivity contribution in [2.24, 2.45) is 0 Å². The second kappa shape index (κ2) is 14.3. The van der Waals surface area contributed by atoms with Crippen molar-refractivity contribution < 1.29 is 18.7 Å². The molecular weight excluding hydrogens is 527 g/mol. The van der Waals surface area contributed by atoms with Gasteiger partial charge in [0.2, 0.25) is 0 Å². The zero-order valence-corrected chi connectivity index (χ0v) is 24.3. The van der Waals surface area contributed by atoms with E-state index in [1.165, 1.54) is 18.2 Å². The fourth-order valence-corrected chi connectivity index (χ4v) is 5.23. The van der Waals surface area contributed by atoms with Gasteiger partial charge in [0.1, 0.15) is 11.9 Å². The Morgan fingerprint density at radius 3 is 2.19 bits per heavy atom. The minimum atomic E-state index is -0.410. The van der Waals surface area contributed by atoms with Gasteiger partial charge in [-0.1, -0.05) is 74.5 Å². The van der Waals surface area contributed by atoms with Gasteiger partial charge in [0.15, 0.2) is 0 Å². The molecule has 42 heavy (non-hydrogen) atoms. The van der Waals surface area contributed by atoms with E-state index in [0.717, 1.165) is 28.1 Å². The summed E-state index contributed by atoms with van der Waals surface area (Å²) < 4.78 is 22.0. The first kappa shape index (κ1) is 30.3. The number of carbonyl (C=O) groups is 2. The third-order valence-electron chi connectivity index (χ3n) is 6.98. The summed E-state index contributed by atoms with van der Waals surface area (Å²) in [7, 11) is 0. The maximum absolute atomic E-state index is 14.2. The van der Waals surface area contributed by atoms with Crippen LogP contribution in [0, 0.1) is 5.82 Å². The fraction of sp³-hybridized carbons (Fsp3) is 0.222. The van der Waals surface area contributed by atoms with Gasteiger partial charge in [0.05, 0.1) is 11.3 Å². The zero-order valence-electron chi connectivity index (χ0n) is 24.3. The van der Waals surface area contributed by atoms with Gasteiger partial charge in [-0.05, 0) is 60.4 Å². The smallest absolute Gasteiger partial charge is 0.330 e. The molecule has 1 aromatic heterocycles. The second-order valence-electron chi connectivity index (χ2n) is 10.4. The van der Waals surface area contributed by atoms with Crippen molar-refractivity contribution >= 4 is 17.6 Å². The highest BCUT2D eigenvalue weighted by atomic mass is 19.1. The standard InChI is InChI=1S/C36H37FN2O3/c1-5-13-30(42-31(40)14-6-2)23-24-39-34(25(3)4)33(36(41)38-29-17-11-8-12-18-29)32(26-15-9-7-10-16-26)35(39)27-19-21-28(37)22-20-27/h5-12,14-22,25,30H,1,13,23-24H2,2-4H3,(H,38,41). The molecule has 0 saturated heterocycles. The number of hydrogen-bond acceptors (Lipinski definition) is 3. The molecule has 0 aliphatic rings. The van der Waals surface area contributed by atoms with Gasteiger partial charge < -0.3 is 14.6 Å². The second-order valence-corrected chi connectivity index (χ2v) is 10.4. The number of aromatic nitrogens is 1. The quantitative estimate of drug-likeness (QED) is 0.106. The Morgan fingerprint density at radius 2 is 1.60 bits per heavy atom. The number of amides is 1. The molecule has 4 rings (SSSR count). The van der Waals surface area contributed by atoms with E-state index >= 15 is 0 Å². The largest absolute Gasteiger partial charge is 0.459 e. The third kappa shape index (κ3) is 7.13. The lowest BCUT2D eigenvalue weighted by molar-refractivity contribution is -0.143. The third-order valence-corrected chi connectivity index (χ3v) is 6.98. The molecule has 0 bridgehead atoms. The summed E-state index contributed by atoms with van der Waals surface area (Å²) in [5.74, 6) is -1.02. The number of allylic oxidation sites excluding steroid dienone is 1. The average molecular weight is 565 g/mol. The number of benzene rings is 3. The molecule has 1 N–H and O–H groups in total. The number of halogens is 1. The number of nitrogens with zero attached hydrogens (tertiary/aromatic N) is 1. The molecule has 4 aromatic rings. The van der Waals surface area contributed by atoms with Crippen molar-refractivity contribution in [3.8, 4) is 22.4 Å². The predicted octanol–water partition coefficient (Wildman–Crippen LogP) is 8.79.